The quantitative estimate of drug-likeness (QED) is 0.820. The second-order valence-electron chi connectivity index (χ2n) is 4.20. The molecule has 0 spiro atoms. The van der Waals surface area contributed by atoms with Gasteiger partial charge < -0.3 is 5.11 Å². The Balaban J connectivity index is 0.000000184. The number of benzene rings is 2. The molecule has 0 amide bonds. The summed E-state index contributed by atoms with van der Waals surface area (Å²) in [5, 5.41) is 8.57. The van der Waals surface area contributed by atoms with Gasteiger partial charge in [0, 0.05) is 0 Å². The van der Waals surface area contributed by atoms with E-state index in [1.165, 1.54) is 11.1 Å². The zero-order valence-electron chi connectivity index (χ0n) is 11.0. The minimum atomic E-state index is -0.863. The zero-order chi connectivity index (χ0) is 13.5. The molecule has 0 radical (unpaired) electrons. The second kappa shape index (κ2) is 6.60. The van der Waals surface area contributed by atoms with Crippen molar-refractivity contribution >= 4 is 5.97 Å². The van der Waals surface area contributed by atoms with E-state index in [2.05, 4.69) is 38.1 Å². The number of aryl methyl sites for hydroxylation is 3. The van der Waals surface area contributed by atoms with Crippen LogP contribution in [0.25, 0.3) is 0 Å². The molecule has 0 fully saturated rings. The molecule has 0 bridgehead atoms. The zero-order valence-corrected chi connectivity index (χ0v) is 11.0. The third-order valence-corrected chi connectivity index (χ3v) is 2.80. The average Bonchev–Trinajstić information content (AvgIpc) is 2.34. The van der Waals surface area contributed by atoms with Gasteiger partial charge in [-0.1, -0.05) is 42.5 Å². The Kier molecular flexibility index (Phi) is 5.12. The van der Waals surface area contributed by atoms with E-state index in [9.17, 15) is 4.79 Å². The molecule has 0 atom stereocenters. The van der Waals surface area contributed by atoms with Gasteiger partial charge in [-0.3, -0.25) is 0 Å². The summed E-state index contributed by atoms with van der Waals surface area (Å²) in [5.74, 6) is -0.863. The molecule has 18 heavy (non-hydrogen) atoms. The molecule has 2 aromatic carbocycles. The van der Waals surface area contributed by atoms with E-state index in [4.69, 9.17) is 5.11 Å². The fourth-order valence-electron chi connectivity index (χ4n) is 1.48. The lowest BCUT2D eigenvalue weighted by Crippen LogP contribution is -1.97. The summed E-state index contributed by atoms with van der Waals surface area (Å²) in [6.07, 6.45) is 0. The molecule has 0 aliphatic heterocycles. The highest BCUT2D eigenvalue weighted by atomic mass is 16.4. The van der Waals surface area contributed by atoms with E-state index in [0.29, 0.717) is 5.56 Å². The Morgan fingerprint density at radius 3 is 1.44 bits per heavy atom. The van der Waals surface area contributed by atoms with Crippen LogP contribution < -0.4 is 0 Å². The maximum atomic E-state index is 10.4. The molecule has 0 aliphatic carbocycles. The first kappa shape index (κ1) is 14.0. The summed E-state index contributed by atoms with van der Waals surface area (Å²) >= 11 is 0. The molecular weight excluding hydrogens is 224 g/mol. The van der Waals surface area contributed by atoms with Crippen molar-refractivity contribution in [2.75, 3.05) is 0 Å². The third kappa shape index (κ3) is 4.06. The topological polar surface area (TPSA) is 37.3 Å². The Morgan fingerprint density at radius 1 is 0.778 bits per heavy atom. The Bertz CT molecular complexity index is 509. The number of aromatic carboxylic acids is 1. The van der Waals surface area contributed by atoms with Gasteiger partial charge in [0.1, 0.15) is 0 Å². The van der Waals surface area contributed by atoms with Crippen molar-refractivity contribution in [2.45, 2.75) is 20.8 Å². The van der Waals surface area contributed by atoms with E-state index >= 15 is 0 Å². The van der Waals surface area contributed by atoms with Crippen molar-refractivity contribution in [1.82, 2.24) is 0 Å². The molecule has 0 saturated heterocycles. The Morgan fingerprint density at radius 2 is 1.17 bits per heavy atom. The van der Waals surface area contributed by atoms with Crippen LogP contribution in [0, 0.1) is 20.8 Å². The number of rotatable bonds is 1. The lowest BCUT2D eigenvalue weighted by Gasteiger charge is -1.96. The number of hydrogen-bond acceptors (Lipinski definition) is 1. The largest absolute Gasteiger partial charge is 0.478 e. The Hall–Kier alpha value is -2.09. The highest BCUT2D eigenvalue weighted by molar-refractivity contribution is 5.89. The van der Waals surface area contributed by atoms with Crippen LogP contribution in [-0.4, -0.2) is 11.1 Å². The fraction of sp³-hybridized carbons (Fsp3) is 0.188. The van der Waals surface area contributed by atoms with Crippen molar-refractivity contribution in [3.63, 3.8) is 0 Å². The van der Waals surface area contributed by atoms with Crippen molar-refractivity contribution in [3.05, 3.63) is 70.8 Å². The van der Waals surface area contributed by atoms with Crippen LogP contribution >= 0.6 is 0 Å². The van der Waals surface area contributed by atoms with Crippen LogP contribution in [-0.2, 0) is 0 Å². The van der Waals surface area contributed by atoms with Crippen LogP contribution in [0.3, 0.4) is 0 Å². The van der Waals surface area contributed by atoms with Crippen LogP contribution in [0.1, 0.15) is 27.0 Å². The number of carboxylic acid groups (broad SMARTS) is 1. The molecule has 1 N–H and O–H groups in total. The first-order valence-corrected chi connectivity index (χ1v) is 5.83. The van der Waals surface area contributed by atoms with E-state index in [0.717, 1.165) is 5.56 Å². The summed E-state index contributed by atoms with van der Waals surface area (Å²) in [7, 11) is 0. The van der Waals surface area contributed by atoms with Gasteiger partial charge in [-0.05, 0) is 43.5 Å². The molecular formula is C16H18O2. The fourth-order valence-corrected chi connectivity index (χ4v) is 1.48. The summed E-state index contributed by atoms with van der Waals surface area (Å²) in [4.78, 5) is 10.4. The monoisotopic (exact) mass is 242 g/mol. The van der Waals surface area contributed by atoms with Gasteiger partial charge in [-0.2, -0.15) is 0 Å². The van der Waals surface area contributed by atoms with E-state index in [1.54, 1.807) is 25.1 Å². The first-order valence-electron chi connectivity index (χ1n) is 5.83. The lowest BCUT2D eigenvalue weighted by atomic mass is 10.1. The van der Waals surface area contributed by atoms with Crippen LogP contribution in [0.4, 0.5) is 0 Å². The molecule has 0 heterocycles. The normalized spacial score (nSPS) is 9.28. The smallest absolute Gasteiger partial charge is 0.335 e. The van der Waals surface area contributed by atoms with Crippen molar-refractivity contribution < 1.29 is 9.90 Å². The first-order chi connectivity index (χ1) is 8.52. The van der Waals surface area contributed by atoms with Gasteiger partial charge in [0.15, 0.2) is 0 Å². The number of hydrogen-bond donors (Lipinski definition) is 1. The van der Waals surface area contributed by atoms with Crippen molar-refractivity contribution in [1.29, 1.82) is 0 Å². The van der Waals surface area contributed by atoms with Crippen LogP contribution in [0.15, 0.2) is 48.5 Å². The average molecular weight is 242 g/mol. The number of carboxylic acids is 1. The summed E-state index contributed by atoms with van der Waals surface area (Å²) < 4.78 is 0. The molecule has 0 aliphatic rings. The molecule has 94 valence electrons. The molecule has 2 heteroatoms. The summed E-state index contributed by atoms with van der Waals surface area (Å²) in [5.41, 5.74) is 3.91. The lowest BCUT2D eigenvalue weighted by molar-refractivity contribution is 0.0696. The highest BCUT2D eigenvalue weighted by Gasteiger charge is 2.02. The summed E-state index contributed by atoms with van der Waals surface area (Å²) in [6, 6.07) is 15.3. The van der Waals surface area contributed by atoms with Gasteiger partial charge in [0.05, 0.1) is 5.56 Å². The predicted molar refractivity (Wildman–Crippen MR) is 74.1 cm³/mol. The van der Waals surface area contributed by atoms with E-state index in [1.807, 2.05) is 6.07 Å². The van der Waals surface area contributed by atoms with Gasteiger partial charge in [-0.25, -0.2) is 4.79 Å². The van der Waals surface area contributed by atoms with E-state index < -0.39 is 5.97 Å². The standard InChI is InChI=1S/C8H8O2.C8H10/c1-6-4-2-3-5-7(6)8(9)10;1-7-5-3-4-6-8(7)2/h2-5H,1H3,(H,9,10);3-6H,1-2H3. The van der Waals surface area contributed by atoms with Crippen molar-refractivity contribution in [2.24, 2.45) is 0 Å². The SMILES string of the molecule is Cc1ccccc1C.Cc1ccccc1C(=O)O. The molecule has 2 rings (SSSR count). The number of carbonyl (C=O) groups is 1. The maximum Gasteiger partial charge on any atom is 0.335 e. The predicted octanol–water partition coefficient (Wildman–Crippen LogP) is 4.00. The molecule has 0 unspecified atom stereocenters. The molecule has 2 aromatic rings. The van der Waals surface area contributed by atoms with Crippen LogP contribution in [0.2, 0.25) is 0 Å². The molecule has 0 saturated carbocycles. The molecule has 0 aromatic heterocycles. The second-order valence-corrected chi connectivity index (χ2v) is 4.20. The Labute approximate surface area is 108 Å². The van der Waals surface area contributed by atoms with E-state index in [-0.39, 0.29) is 0 Å². The minimum Gasteiger partial charge on any atom is -0.478 e. The van der Waals surface area contributed by atoms with Gasteiger partial charge in [0.25, 0.3) is 0 Å². The minimum absolute atomic E-state index is 0.377. The highest BCUT2D eigenvalue weighted by Crippen LogP contribution is 2.05. The van der Waals surface area contributed by atoms with Gasteiger partial charge in [0.2, 0.25) is 0 Å². The van der Waals surface area contributed by atoms with Gasteiger partial charge in [-0.15, -0.1) is 0 Å². The van der Waals surface area contributed by atoms with Gasteiger partial charge >= 0.3 is 5.97 Å². The van der Waals surface area contributed by atoms with Crippen molar-refractivity contribution in [3.8, 4) is 0 Å². The molecule has 2 nitrogen and oxygen atoms in total. The summed E-state index contributed by atoms with van der Waals surface area (Å²) in [6.45, 7) is 6.02. The van der Waals surface area contributed by atoms with Crippen LogP contribution in [0.5, 0.6) is 0 Å². The third-order valence-electron chi connectivity index (χ3n) is 2.80. The maximum absolute atomic E-state index is 10.4.